The molecule has 0 aliphatic rings. The summed E-state index contributed by atoms with van der Waals surface area (Å²) in [6.07, 6.45) is 2.49. The zero-order valence-corrected chi connectivity index (χ0v) is 15.5. The second-order valence-electron chi connectivity index (χ2n) is 5.71. The maximum atomic E-state index is 12.1. The molecule has 134 valence electrons. The van der Waals surface area contributed by atoms with Crippen LogP contribution in [0.25, 0.3) is 10.6 Å². The summed E-state index contributed by atoms with van der Waals surface area (Å²) in [5, 5.41) is 12.1. The fourth-order valence-corrected chi connectivity index (χ4v) is 3.16. The topological polar surface area (TPSA) is 75.2 Å². The Balaban J connectivity index is 1.87. The number of anilines is 1. The number of carbonyl (C=O) groups is 2. The van der Waals surface area contributed by atoms with Crippen LogP contribution in [0.2, 0.25) is 0 Å². The van der Waals surface area contributed by atoms with Crippen molar-refractivity contribution < 1.29 is 9.59 Å². The third-order valence-corrected chi connectivity index (χ3v) is 4.50. The van der Waals surface area contributed by atoms with Gasteiger partial charge in [0.2, 0.25) is 16.9 Å². The van der Waals surface area contributed by atoms with Crippen molar-refractivity contribution in [3.8, 4) is 10.6 Å². The average Bonchev–Trinajstić information content (AvgIpc) is 3.08. The molecule has 0 aliphatic carbocycles. The molecule has 0 aliphatic heterocycles. The molecule has 1 aromatic carbocycles. The van der Waals surface area contributed by atoms with Crippen LogP contribution in [0.15, 0.2) is 30.3 Å². The molecule has 1 aromatic heterocycles. The summed E-state index contributed by atoms with van der Waals surface area (Å²) in [4.78, 5) is 25.9. The Labute approximate surface area is 152 Å². The number of hydrogen-bond acceptors (Lipinski definition) is 5. The van der Waals surface area contributed by atoms with Crippen molar-refractivity contribution in [2.24, 2.45) is 0 Å². The number of hydrogen-bond donors (Lipinski definition) is 1. The van der Waals surface area contributed by atoms with Crippen molar-refractivity contribution in [2.75, 3.05) is 18.4 Å². The maximum absolute atomic E-state index is 12.1. The summed E-state index contributed by atoms with van der Waals surface area (Å²) in [6, 6.07) is 9.71. The van der Waals surface area contributed by atoms with Crippen LogP contribution in [-0.2, 0) is 9.59 Å². The first-order chi connectivity index (χ1) is 12.1. The van der Waals surface area contributed by atoms with E-state index in [1.807, 2.05) is 44.2 Å². The first-order valence-electron chi connectivity index (χ1n) is 8.60. The van der Waals surface area contributed by atoms with Crippen molar-refractivity contribution in [3.63, 3.8) is 0 Å². The second-order valence-corrected chi connectivity index (χ2v) is 6.68. The highest BCUT2D eigenvalue weighted by Crippen LogP contribution is 2.25. The number of aromatic nitrogens is 2. The Hall–Kier alpha value is -2.28. The minimum atomic E-state index is -0.152. The van der Waals surface area contributed by atoms with E-state index in [4.69, 9.17) is 0 Å². The molecule has 25 heavy (non-hydrogen) atoms. The van der Waals surface area contributed by atoms with Gasteiger partial charge in [0.05, 0.1) is 0 Å². The van der Waals surface area contributed by atoms with E-state index in [0.29, 0.717) is 24.6 Å². The van der Waals surface area contributed by atoms with Gasteiger partial charge in [0.15, 0.2) is 0 Å². The summed E-state index contributed by atoms with van der Waals surface area (Å²) < 4.78 is 0. The van der Waals surface area contributed by atoms with Crippen molar-refractivity contribution in [3.05, 3.63) is 30.3 Å². The molecule has 1 N–H and O–H groups in total. The highest BCUT2D eigenvalue weighted by Gasteiger charge is 2.14. The molecule has 2 amide bonds. The molecule has 0 fully saturated rings. The van der Waals surface area contributed by atoms with Crippen LogP contribution in [0.5, 0.6) is 0 Å². The lowest BCUT2D eigenvalue weighted by atomic mass is 10.2. The highest BCUT2D eigenvalue weighted by molar-refractivity contribution is 7.18. The zero-order chi connectivity index (χ0) is 18.1. The van der Waals surface area contributed by atoms with Crippen molar-refractivity contribution in [1.29, 1.82) is 0 Å². The number of nitrogens with zero attached hydrogens (tertiary/aromatic N) is 3. The third-order valence-electron chi connectivity index (χ3n) is 3.61. The molecule has 2 rings (SSSR count). The summed E-state index contributed by atoms with van der Waals surface area (Å²) >= 11 is 1.34. The van der Waals surface area contributed by atoms with Gasteiger partial charge in [-0.3, -0.25) is 9.59 Å². The number of carbonyl (C=O) groups excluding carboxylic acids is 2. The number of nitrogens with one attached hydrogen (secondary N) is 1. The summed E-state index contributed by atoms with van der Waals surface area (Å²) in [5.41, 5.74) is 0.972. The minimum absolute atomic E-state index is 0.111. The van der Waals surface area contributed by atoms with Gasteiger partial charge in [-0.25, -0.2) is 0 Å². The van der Waals surface area contributed by atoms with Gasteiger partial charge >= 0.3 is 0 Å². The predicted molar refractivity (Wildman–Crippen MR) is 100 cm³/mol. The van der Waals surface area contributed by atoms with E-state index in [0.717, 1.165) is 23.4 Å². The van der Waals surface area contributed by atoms with E-state index >= 15 is 0 Å². The van der Waals surface area contributed by atoms with Crippen LogP contribution in [0.4, 0.5) is 5.13 Å². The van der Waals surface area contributed by atoms with Gasteiger partial charge in [-0.2, -0.15) is 0 Å². The molecule has 0 unspecified atom stereocenters. The van der Waals surface area contributed by atoms with E-state index in [9.17, 15) is 9.59 Å². The lowest BCUT2D eigenvalue weighted by Gasteiger charge is -2.21. The smallest absolute Gasteiger partial charge is 0.227 e. The Morgan fingerprint density at radius 1 is 1.04 bits per heavy atom. The SMILES string of the molecule is CCCC(=O)N(CCC)CCC(=O)Nc1nnc(-c2ccccc2)s1. The van der Waals surface area contributed by atoms with Crippen LogP contribution in [0, 0.1) is 0 Å². The lowest BCUT2D eigenvalue weighted by molar-refractivity contribution is -0.131. The summed E-state index contributed by atoms with van der Waals surface area (Å²) in [5.74, 6) is -0.0411. The van der Waals surface area contributed by atoms with Crippen LogP contribution < -0.4 is 5.32 Å². The van der Waals surface area contributed by atoms with Gasteiger partial charge in [-0.15, -0.1) is 10.2 Å². The molecule has 0 saturated carbocycles. The second kappa shape index (κ2) is 9.88. The van der Waals surface area contributed by atoms with Gasteiger partial charge in [0, 0.05) is 31.5 Å². The van der Waals surface area contributed by atoms with Crippen molar-refractivity contribution in [1.82, 2.24) is 15.1 Å². The molecule has 6 nitrogen and oxygen atoms in total. The Morgan fingerprint density at radius 2 is 1.80 bits per heavy atom. The molecule has 0 spiro atoms. The molecule has 0 atom stereocenters. The van der Waals surface area contributed by atoms with Gasteiger partial charge in [0.1, 0.15) is 5.01 Å². The Bertz CT molecular complexity index is 687. The quantitative estimate of drug-likeness (QED) is 0.742. The average molecular weight is 360 g/mol. The van der Waals surface area contributed by atoms with Crippen LogP contribution in [0.3, 0.4) is 0 Å². The van der Waals surface area contributed by atoms with E-state index in [-0.39, 0.29) is 18.2 Å². The molecule has 1 heterocycles. The monoisotopic (exact) mass is 360 g/mol. The van der Waals surface area contributed by atoms with E-state index < -0.39 is 0 Å². The van der Waals surface area contributed by atoms with Crippen molar-refractivity contribution >= 4 is 28.3 Å². The van der Waals surface area contributed by atoms with Gasteiger partial charge < -0.3 is 10.2 Å². The predicted octanol–water partition coefficient (Wildman–Crippen LogP) is 3.57. The fourth-order valence-electron chi connectivity index (χ4n) is 2.39. The number of benzene rings is 1. The molecule has 7 heteroatoms. The number of rotatable bonds is 9. The molecular weight excluding hydrogens is 336 g/mol. The van der Waals surface area contributed by atoms with Gasteiger partial charge in [-0.1, -0.05) is 55.5 Å². The molecule has 0 radical (unpaired) electrons. The Kier molecular flexibility index (Phi) is 7.53. The fraction of sp³-hybridized carbons (Fsp3) is 0.444. The normalized spacial score (nSPS) is 10.5. The summed E-state index contributed by atoms with van der Waals surface area (Å²) in [7, 11) is 0. The van der Waals surface area contributed by atoms with Gasteiger partial charge in [-0.05, 0) is 12.8 Å². The Morgan fingerprint density at radius 3 is 2.48 bits per heavy atom. The van der Waals surface area contributed by atoms with Crippen LogP contribution in [-0.4, -0.2) is 40.0 Å². The largest absolute Gasteiger partial charge is 0.342 e. The van der Waals surface area contributed by atoms with Crippen LogP contribution in [0.1, 0.15) is 39.5 Å². The maximum Gasteiger partial charge on any atom is 0.227 e. The standard InChI is InChI=1S/C18H24N4O2S/c1-3-8-16(24)22(12-4-2)13-11-15(23)19-18-21-20-17(25-18)14-9-6-5-7-10-14/h5-7,9-10H,3-4,8,11-13H2,1-2H3,(H,19,21,23). The zero-order valence-electron chi connectivity index (χ0n) is 14.7. The highest BCUT2D eigenvalue weighted by atomic mass is 32.1. The molecule has 0 saturated heterocycles. The van der Waals surface area contributed by atoms with E-state index in [1.54, 1.807) is 4.90 Å². The first-order valence-corrected chi connectivity index (χ1v) is 9.42. The lowest BCUT2D eigenvalue weighted by Crippen LogP contribution is -2.34. The first kappa shape index (κ1) is 19.1. The van der Waals surface area contributed by atoms with Crippen molar-refractivity contribution in [2.45, 2.75) is 39.5 Å². The minimum Gasteiger partial charge on any atom is -0.342 e. The third kappa shape index (κ3) is 5.94. The van der Waals surface area contributed by atoms with E-state index in [2.05, 4.69) is 15.5 Å². The van der Waals surface area contributed by atoms with Gasteiger partial charge in [0.25, 0.3) is 0 Å². The van der Waals surface area contributed by atoms with E-state index in [1.165, 1.54) is 11.3 Å². The van der Waals surface area contributed by atoms with Crippen LogP contribution >= 0.6 is 11.3 Å². The number of amides is 2. The summed E-state index contributed by atoms with van der Waals surface area (Å²) in [6.45, 7) is 5.12. The molecule has 0 bridgehead atoms. The molecular formula is C18H24N4O2S. The molecule has 2 aromatic rings.